The molecule has 1 N–H and O–H groups in total. The van der Waals surface area contributed by atoms with E-state index in [1.54, 1.807) is 12.1 Å². The van der Waals surface area contributed by atoms with Gasteiger partial charge >= 0.3 is 0 Å². The summed E-state index contributed by atoms with van der Waals surface area (Å²) in [6.45, 7) is 3.93. The Labute approximate surface area is 112 Å². The summed E-state index contributed by atoms with van der Waals surface area (Å²) in [7, 11) is 0. The first-order valence-electron chi connectivity index (χ1n) is 6.16. The standard InChI is InChI=1S/C16H16FNO/c1-11-3-4-12(2)15(9-11)18-16(19)10-13-5-7-14(17)8-6-13/h3-9H,10H2,1-2H3,(H,18,19). The largest absolute Gasteiger partial charge is 0.326 e. The third-order valence-electron chi connectivity index (χ3n) is 2.95. The molecule has 0 fully saturated rings. The number of aryl methyl sites for hydroxylation is 2. The number of rotatable bonds is 3. The highest BCUT2D eigenvalue weighted by Gasteiger charge is 2.06. The summed E-state index contributed by atoms with van der Waals surface area (Å²) in [6.07, 6.45) is 0.244. The summed E-state index contributed by atoms with van der Waals surface area (Å²) in [4.78, 5) is 11.9. The maximum absolute atomic E-state index is 12.8. The summed E-state index contributed by atoms with van der Waals surface area (Å²) in [5, 5.41) is 2.88. The van der Waals surface area contributed by atoms with E-state index in [2.05, 4.69) is 5.32 Å². The Morgan fingerprint density at radius 2 is 1.79 bits per heavy atom. The second kappa shape index (κ2) is 5.65. The van der Waals surface area contributed by atoms with Crippen molar-refractivity contribution in [3.8, 4) is 0 Å². The lowest BCUT2D eigenvalue weighted by atomic mass is 10.1. The number of hydrogen-bond acceptors (Lipinski definition) is 1. The molecule has 19 heavy (non-hydrogen) atoms. The predicted octanol–water partition coefficient (Wildman–Crippen LogP) is 3.62. The Hall–Kier alpha value is -2.16. The molecule has 98 valence electrons. The molecule has 0 spiro atoms. The monoisotopic (exact) mass is 257 g/mol. The lowest BCUT2D eigenvalue weighted by molar-refractivity contribution is -0.115. The van der Waals surface area contributed by atoms with Gasteiger partial charge in [-0.25, -0.2) is 4.39 Å². The molecule has 0 aliphatic rings. The van der Waals surface area contributed by atoms with Gasteiger partial charge in [0.05, 0.1) is 6.42 Å². The average molecular weight is 257 g/mol. The van der Waals surface area contributed by atoms with Gasteiger partial charge in [-0.15, -0.1) is 0 Å². The number of amides is 1. The number of anilines is 1. The maximum atomic E-state index is 12.8. The van der Waals surface area contributed by atoms with Crippen LogP contribution in [0, 0.1) is 19.7 Å². The van der Waals surface area contributed by atoms with Crippen molar-refractivity contribution in [2.75, 3.05) is 5.32 Å². The van der Waals surface area contributed by atoms with E-state index in [1.807, 2.05) is 32.0 Å². The molecule has 2 aromatic rings. The van der Waals surface area contributed by atoms with Crippen LogP contribution in [0.1, 0.15) is 16.7 Å². The molecule has 0 bridgehead atoms. The fourth-order valence-electron chi connectivity index (χ4n) is 1.85. The van der Waals surface area contributed by atoms with Crippen molar-refractivity contribution in [1.82, 2.24) is 0 Å². The van der Waals surface area contributed by atoms with Crippen molar-refractivity contribution in [2.24, 2.45) is 0 Å². The second-order valence-corrected chi connectivity index (χ2v) is 4.67. The Balaban J connectivity index is 2.05. The first kappa shape index (κ1) is 13.3. The molecule has 0 radical (unpaired) electrons. The summed E-state index contributed by atoms with van der Waals surface area (Å²) in [5.74, 6) is -0.390. The van der Waals surface area contributed by atoms with Gasteiger partial charge in [0.1, 0.15) is 5.82 Å². The zero-order valence-corrected chi connectivity index (χ0v) is 11.0. The summed E-state index contributed by atoms with van der Waals surface area (Å²) in [5.41, 5.74) is 3.75. The van der Waals surface area contributed by atoms with Crippen molar-refractivity contribution >= 4 is 11.6 Å². The minimum Gasteiger partial charge on any atom is -0.326 e. The van der Waals surface area contributed by atoms with Gasteiger partial charge in [0, 0.05) is 5.69 Å². The molecular weight excluding hydrogens is 241 g/mol. The number of carbonyl (C=O) groups excluding carboxylic acids is 1. The van der Waals surface area contributed by atoms with Gasteiger partial charge in [0.25, 0.3) is 0 Å². The van der Waals surface area contributed by atoms with Crippen molar-refractivity contribution in [3.63, 3.8) is 0 Å². The normalized spacial score (nSPS) is 10.3. The third-order valence-corrected chi connectivity index (χ3v) is 2.95. The van der Waals surface area contributed by atoms with Crippen molar-refractivity contribution in [1.29, 1.82) is 0 Å². The van der Waals surface area contributed by atoms with Crippen LogP contribution in [0.3, 0.4) is 0 Å². The van der Waals surface area contributed by atoms with Gasteiger partial charge < -0.3 is 5.32 Å². The molecule has 0 aliphatic carbocycles. The van der Waals surface area contributed by atoms with Gasteiger partial charge in [0.15, 0.2) is 0 Å². The summed E-state index contributed by atoms with van der Waals surface area (Å²) in [6, 6.07) is 11.9. The Kier molecular flexibility index (Phi) is 3.95. The molecule has 0 atom stereocenters. The average Bonchev–Trinajstić information content (AvgIpc) is 2.37. The SMILES string of the molecule is Cc1ccc(C)c(NC(=O)Cc2ccc(F)cc2)c1. The molecule has 0 heterocycles. The number of halogens is 1. The Morgan fingerprint density at radius 3 is 2.47 bits per heavy atom. The van der Waals surface area contributed by atoms with Crippen LogP contribution < -0.4 is 5.32 Å². The van der Waals surface area contributed by atoms with Crippen LogP contribution in [0.25, 0.3) is 0 Å². The molecule has 1 amide bonds. The van der Waals surface area contributed by atoms with Gasteiger partial charge in [-0.3, -0.25) is 4.79 Å². The van der Waals surface area contributed by atoms with Gasteiger partial charge in [-0.2, -0.15) is 0 Å². The van der Waals surface area contributed by atoms with Crippen LogP contribution in [0.4, 0.5) is 10.1 Å². The number of nitrogens with one attached hydrogen (secondary N) is 1. The molecular formula is C16H16FNO. The first-order chi connectivity index (χ1) is 9.04. The van der Waals surface area contributed by atoms with E-state index >= 15 is 0 Å². The molecule has 3 heteroatoms. The van der Waals surface area contributed by atoms with E-state index in [4.69, 9.17) is 0 Å². The van der Waals surface area contributed by atoms with Crippen LogP contribution in [0.2, 0.25) is 0 Å². The summed E-state index contributed by atoms with van der Waals surface area (Å²) >= 11 is 0. The topological polar surface area (TPSA) is 29.1 Å². The van der Waals surface area contributed by atoms with Crippen LogP contribution in [-0.4, -0.2) is 5.91 Å². The fourth-order valence-corrected chi connectivity index (χ4v) is 1.85. The van der Waals surface area contributed by atoms with Crippen molar-refractivity contribution in [2.45, 2.75) is 20.3 Å². The van der Waals surface area contributed by atoms with Gasteiger partial charge in [-0.1, -0.05) is 24.3 Å². The highest BCUT2D eigenvalue weighted by atomic mass is 19.1. The zero-order valence-electron chi connectivity index (χ0n) is 11.0. The van der Waals surface area contributed by atoms with Crippen LogP contribution >= 0.6 is 0 Å². The zero-order chi connectivity index (χ0) is 13.8. The van der Waals surface area contributed by atoms with Gasteiger partial charge in [-0.05, 0) is 48.7 Å². The van der Waals surface area contributed by atoms with Crippen LogP contribution in [0.15, 0.2) is 42.5 Å². The smallest absolute Gasteiger partial charge is 0.228 e. The molecule has 0 aromatic heterocycles. The molecule has 0 saturated heterocycles. The minimum atomic E-state index is -0.293. The minimum absolute atomic E-state index is 0.0969. The number of benzene rings is 2. The van der Waals surface area contributed by atoms with Crippen LogP contribution in [0.5, 0.6) is 0 Å². The van der Waals surface area contributed by atoms with E-state index in [-0.39, 0.29) is 18.1 Å². The lowest BCUT2D eigenvalue weighted by Gasteiger charge is -2.09. The number of hydrogen-bond donors (Lipinski definition) is 1. The fraction of sp³-hybridized carbons (Fsp3) is 0.188. The lowest BCUT2D eigenvalue weighted by Crippen LogP contribution is -2.15. The third kappa shape index (κ3) is 3.65. The Morgan fingerprint density at radius 1 is 1.11 bits per heavy atom. The van der Waals surface area contributed by atoms with Gasteiger partial charge in [0.2, 0.25) is 5.91 Å². The first-order valence-corrected chi connectivity index (χ1v) is 6.16. The van der Waals surface area contributed by atoms with Crippen molar-refractivity contribution in [3.05, 3.63) is 65.0 Å². The highest BCUT2D eigenvalue weighted by molar-refractivity contribution is 5.93. The van der Waals surface area contributed by atoms with Crippen LogP contribution in [-0.2, 0) is 11.2 Å². The predicted molar refractivity (Wildman–Crippen MR) is 74.6 cm³/mol. The summed E-state index contributed by atoms with van der Waals surface area (Å²) < 4.78 is 12.8. The highest BCUT2D eigenvalue weighted by Crippen LogP contribution is 2.16. The van der Waals surface area contributed by atoms with Crippen molar-refractivity contribution < 1.29 is 9.18 Å². The molecule has 2 rings (SSSR count). The van der Waals surface area contributed by atoms with E-state index in [1.165, 1.54) is 12.1 Å². The molecule has 2 nitrogen and oxygen atoms in total. The Bertz CT molecular complexity index is 590. The maximum Gasteiger partial charge on any atom is 0.228 e. The molecule has 2 aromatic carbocycles. The quantitative estimate of drug-likeness (QED) is 0.894. The molecule has 0 aliphatic heterocycles. The number of carbonyl (C=O) groups is 1. The van der Waals surface area contributed by atoms with E-state index in [0.29, 0.717) is 0 Å². The second-order valence-electron chi connectivity index (χ2n) is 4.67. The molecule has 0 unspecified atom stereocenters. The van der Waals surface area contributed by atoms with E-state index in [9.17, 15) is 9.18 Å². The molecule has 0 saturated carbocycles. The van der Waals surface area contributed by atoms with E-state index in [0.717, 1.165) is 22.4 Å². The van der Waals surface area contributed by atoms with E-state index < -0.39 is 0 Å².